The van der Waals surface area contributed by atoms with E-state index < -0.39 is 0 Å². The van der Waals surface area contributed by atoms with Gasteiger partial charge in [0, 0.05) is 0 Å². The summed E-state index contributed by atoms with van der Waals surface area (Å²) in [5.41, 5.74) is 18.1. The first-order valence-electron chi connectivity index (χ1n) is 21.1. The van der Waals surface area contributed by atoms with E-state index in [1.54, 1.807) is 0 Å². The summed E-state index contributed by atoms with van der Waals surface area (Å²) < 4.78 is 0. The third-order valence-corrected chi connectivity index (χ3v) is 12.2. The molecule has 0 unspecified atom stereocenters. The van der Waals surface area contributed by atoms with Crippen molar-refractivity contribution >= 4 is 0 Å². The zero-order chi connectivity index (χ0) is 42.9. The summed E-state index contributed by atoms with van der Waals surface area (Å²) in [5, 5.41) is 23.3. The minimum Gasteiger partial charge on any atom is -0.507 e. The van der Waals surface area contributed by atoms with Crippen LogP contribution >= 0.6 is 0 Å². The molecule has 0 amide bonds. The first-order chi connectivity index (χ1) is 25.1. The predicted molar refractivity (Wildman–Crippen MR) is 244 cm³/mol. The van der Waals surface area contributed by atoms with Crippen molar-refractivity contribution in [2.45, 2.75) is 197 Å². The second-order valence-electron chi connectivity index (χ2n) is 23.3. The Morgan fingerprint density at radius 2 is 0.536 bits per heavy atom. The van der Waals surface area contributed by atoms with Gasteiger partial charge >= 0.3 is 0 Å². The lowest BCUT2D eigenvalue weighted by Crippen LogP contribution is -2.19. The van der Waals surface area contributed by atoms with Crippen LogP contribution in [0, 0.1) is 20.8 Å². The molecule has 0 aliphatic heterocycles. The van der Waals surface area contributed by atoms with Gasteiger partial charge in [0.2, 0.25) is 0 Å². The monoisotopic (exact) mass is 759 g/mol. The summed E-state index contributed by atoms with van der Waals surface area (Å²) in [6.45, 7) is 47.3. The Morgan fingerprint density at radius 1 is 0.321 bits per heavy atom. The van der Waals surface area contributed by atoms with Gasteiger partial charge in [-0.25, -0.2) is 0 Å². The highest BCUT2D eigenvalue weighted by atomic mass is 16.3. The second kappa shape index (κ2) is 15.0. The van der Waals surface area contributed by atoms with Gasteiger partial charge in [0.15, 0.2) is 0 Å². The molecular weight excluding hydrogens is 681 g/mol. The Balaban J connectivity index is 2.08. The molecule has 0 aromatic heterocycles. The van der Waals surface area contributed by atoms with Gasteiger partial charge in [-0.15, -0.1) is 0 Å². The summed E-state index contributed by atoms with van der Waals surface area (Å²) in [6.07, 6.45) is 2.43. The van der Waals surface area contributed by atoms with Gasteiger partial charge in [-0.2, -0.15) is 0 Å². The summed E-state index contributed by atoms with van der Waals surface area (Å²) in [6, 6.07) is 16.4. The van der Waals surface area contributed by atoms with Crippen molar-refractivity contribution < 1.29 is 10.2 Å². The van der Waals surface area contributed by atoms with Crippen LogP contribution in [-0.4, -0.2) is 10.2 Å². The summed E-state index contributed by atoms with van der Waals surface area (Å²) in [5.74, 6) is 0.856. The molecule has 2 heteroatoms. The molecule has 0 spiro atoms. The predicted octanol–water partition coefficient (Wildman–Crippen LogP) is 14.6. The number of phenolic OH excluding ortho intramolecular Hbond substituents is 2. The highest BCUT2D eigenvalue weighted by Crippen LogP contribution is 2.43. The molecule has 2 N–H and O–H groups in total. The van der Waals surface area contributed by atoms with Crippen LogP contribution in [0.25, 0.3) is 0 Å². The molecule has 0 bridgehead atoms. The lowest BCUT2D eigenvalue weighted by molar-refractivity contribution is 0.422. The van der Waals surface area contributed by atoms with Gasteiger partial charge in [-0.1, -0.05) is 167 Å². The summed E-state index contributed by atoms with van der Waals surface area (Å²) >= 11 is 0. The number of benzene rings is 4. The average Bonchev–Trinajstić information content (AvgIpc) is 3.01. The van der Waals surface area contributed by atoms with E-state index in [-0.39, 0.29) is 32.5 Å². The Morgan fingerprint density at radius 3 is 0.732 bits per heavy atom. The quantitative estimate of drug-likeness (QED) is 0.206. The highest BCUT2D eigenvalue weighted by Gasteiger charge is 2.30. The molecule has 2 nitrogen and oxygen atoms in total. The molecule has 4 rings (SSSR count). The second-order valence-corrected chi connectivity index (χ2v) is 23.3. The van der Waals surface area contributed by atoms with E-state index in [0.717, 1.165) is 41.5 Å². The lowest BCUT2D eigenvalue weighted by atomic mass is 9.75. The molecule has 0 aliphatic carbocycles. The fourth-order valence-corrected chi connectivity index (χ4v) is 8.34. The maximum atomic E-state index is 11.6. The Labute approximate surface area is 343 Å². The van der Waals surface area contributed by atoms with Crippen LogP contribution < -0.4 is 0 Å². The number of aromatic hydroxyl groups is 2. The summed E-state index contributed by atoms with van der Waals surface area (Å²) in [4.78, 5) is 0. The van der Waals surface area contributed by atoms with Gasteiger partial charge in [-0.05, 0) is 156 Å². The van der Waals surface area contributed by atoms with Crippen molar-refractivity contribution in [2.75, 3.05) is 0 Å². The van der Waals surface area contributed by atoms with Crippen molar-refractivity contribution in [1.82, 2.24) is 0 Å². The first-order valence-corrected chi connectivity index (χ1v) is 21.1. The van der Waals surface area contributed by atoms with Crippen LogP contribution in [0.1, 0.15) is 208 Å². The van der Waals surface area contributed by atoms with Gasteiger partial charge in [0.25, 0.3) is 0 Å². The fraction of sp³-hybridized carbons (Fsp3) is 0.556. The third kappa shape index (κ3) is 9.77. The van der Waals surface area contributed by atoms with E-state index >= 15 is 0 Å². The normalized spacial score (nSPS) is 13.4. The smallest absolute Gasteiger partial charge is 0.123 e. The molecule has 306 valence electrons. The van der Waals surface area contributed by atoms with E-state index in [4.69, 9.17) is 0 Å². The van der Waals surface area contributed by atoms with Gasteiger partial charge in [-0.3, -0.25) is 0 Å². The summed E-state index contributed by atoms with van der Waals surface area (Å²) in [7, 11) is 0. The van der Waals surface area contributed by atoms with E-state index in [1.165, 1.54) is 61.2 Å². The lowest BCUT2D eigenvalue weighted by Gasteiger charge is -2.30. The van der Waals surface area contributed by atoms with Crippen molar-refractivity contribution in [3.8, 4) is 11.5 Å². The zero-order valence-corrected chi connectivity index (χ0v) is 39.6. The van der Waals surface area contributed by atoms with Gasteiger partial charge in [0.1, 0.15) is 11.5 Å². The van der Waals surface area contributed by atoms with E-state index in [9.17, 15) is 10.2 Å². The zero-order valence-electron chi connectivity index (χ0n) is 39.6. The van der Waals surface area contributed by atoms with Crippen molar-refractivity contribution in [3.05, 3.63) is 126 Å². The Bertz CT molecular complexity index is 1880. The molecule has 4 aromatic carbocycles. The number of hydrogen-bond acceptors (Lipinski definition) is 2. The minimum absolute atomic E-state index is 0.0342. The van der Waals surface area contributed by atoms with E-state index in [2.05, 4.69) is 188 Å². The molecule has 4 aromatic rings. The van der Waals surface area contributed by atoms with Crippen molar-refractivity contribution in [3.63, 3.8) is 0 Å². The minimum atomic E-state index is -0.203. The molecule has 0 heterocycles. The van der Waals surface area contributed by atoms with Crippen LogP contribution in [0.15, 0.2) is 42.5 Å². The fourth-order valence-electron chi connectivity index (χ4n) is 8.34. The Kier molecular flexibility index (Phi) is 12.1. The van der Waals surface area contributed by atoms with E-state index in [0.29, 0.717) is 11.5 Å². The molecule has 0 saturated carbocycles. The third-order valence-electron chi connectivity index (χ3n) is 12.2. The molecule has 0 radical (unpaired) electrons. The van der Waals surface area contributed by atoms with Crippen LogP contribution in [0.3, 0.4) is 0 Å². The Hall–Kier alpha value is -3.52. The molecule has 0 aliphatic rings. The highest BCUT2D eigenvalue weighted by molar-refractivity contribution is 5.58. The first kappa shape index (κ1) is 45.2. The van der Waals surface area contributed by atoms with Gasteiger partial charge in [0.05, 0.1) is 0 Å². The van der Waals surface area contributed by atoms with Gasteiger partial charge < -0.3 is 10.2 Å². The van der Waals surface area contributed by atoms with E-state index in [1.807, 2.05) is 0 Å². The SMILES string of the molecule is Cc1c(Cc2cc(C(C)(C)C)cc(C(C)(C)C)c2)c(C)c(Cc2cc(C(C)(C)C)c(O)c(C(C)(C)C)c2)c(C)c1Cc1cc(C(C)(C)C)c(O)c(C(C)(C)C)c1. The number of phenols is 2. The molecule has 56 heavy (non-hydrogen) atoms. The maximum Gasteiger partial charge on any atom is 0.123 e. The van der Waals surface area contributed by atoms with Crippen LogP contribution in [0.4, 0.5) is 0 Å². The molecular formula is C54H78O2. The van der Waals surface area contributed by atoms with Crippen molar-refractivity contribution in [2.24, 2.45) is 0 Å². The molecule has 0 atom stereocenters. The standard InChI is InChI=1S/C54H78O2/c1-32-40(24-35-22-38(49(4,5)6)31-39(23-35)50(7,8)9)33(2)42(26-37-29-45(53(16,17)18)48(56)46(30-37)54(19,20)21)34(3)41(32)25-36-27-43(51(10,11)12)47(55)44(28-36)52(13,14)15/h22-23,27-31,55-56H,24-26H2,1-21H3. The molecule has 0 fully saturated rings. The largest absolute Gasteiger partial charge is 0.507 e. The average molecular weight is 759 g/mol. The van der Waals surface area contributed by atoms with Crippen LogP contribution in [-0.2, 0) is 51.8 Å². The number of hydrogen-bond donors (Lipinski definition) is 2. The topological polar surface area (TPSA) is 40.5 Å². The molecule has 0 saturated heterocycles. The van der Waals surface area contributed by atoms with Crippen molar-refractivity contribution in [1.29, 1.82) is 0 Å². The van der Waals surface area contributed by atoms with Crippen LogP contribution in [0.5, 0.6) is 11.5 Å². The maximum absolute atomic E-state index is 11.6. The van der Waals surface area contributed by atoms with Crippen LogP contribution in [0.2, 0.25) is 0 Å². The number of rotatable bonds is 6.